The summed E-state index contributed by atoms with van der Waals surface area (Å²) in [6, 6.07) is 5.72. The summed E-state index contributed by atoms with van der Waals surface area (Å²) in [4.78, 5) is 7.00. The maximum atomic E-state index is 8.03. The predicted molar refractivity (Wildman–Crippen MR) is 103 cm³/mol. The Kier molecular flexibility index (Phi) is 30.5. The zero-order chi connectivity index (χ0) is 19.4. The minimum absolute atomic E-state index is 0. The molecule has 0 aliphatic carbocycles. The van der Waals surface area contributed by atoms with Crippen molar-refractivity contribution < 1.29 is 37.6 Å². The maximum absolute atomic E-state index is 8.03. The molecule has 0 amide bonds. The van der Waals surface area contributed by atoms with Crippen molar-refractivity contribution in [2.75, 3.05) is 0 Å². The first-order valence-electron chi connectivity index (χ1n) is 6.31. The molecule has 0 fully saturated rings. The van der Waals surface area contributed by atoms with Gasteiger partial charge in [-0.15, -0.1) is 0 Å². The number of rotatable bonds is 2. The van der Waals surface area contributed by atoms with Crippen molar-refractivity contribution >= 4 is 45.4 Å². The van der Waals surface area contributed by atoms with Crippen molar-refractivity contribution in [3.05, 3.63) is 35.5 Å². The van der Waals surface area contributed by atoms with Crippen molar-refractivity contribution in [2.45, 2.75) is 27.7 Å². The van der Waals surface area contributed by atoms with E-state index in [1.54, 1.807) is 12.4 Å². The summed E-state index contributed by atoms with van der Waals surface area (Å²) in [5.74, 6) is 0. The average molecular weight is 511 g/mol. The molecular weight excluding hydrogens is 488 g/mol. The van der Waals surface area contributed by atoms with E-state index in [0.717, 1.165) is 0 Å². The molecule has 1 radical (unpaired) electrons. The van der Waals surface area contributed by atoms with Crippen LogP contribution in [0.25, 0.3) is 0 Å². The number of hydrogen-bond acceptors (Lipinski definition) is 9. The minimum Gasteiger partial charge on any atom is -0.411 e. The van der Waals surface area contributed by atoms with Crippen LogP contribution in [0.15, 0.2) is 51.2 Å². The summed E-state index contributed by atoms with van der Waals surface area (Å²) in [6.45, 7) is 6.15. The van der Waals surface area contributed by atoms with Gasteiger partial charge in [-0.05, 0) is 39.8 Å². The molecule has 25 heavy (non-hydrogen) atoms. The fraction of sp³-hybridized carbons (Fsp3) is 0.286. The van der Waals surface area contributed by atoms with Gasteiger partial charge < -0.3 is 43.4 Å². The second-order valence-corrected chi connectivity index (χ2v) is 3.77. The first kappa shape index (κ1) is 31.1. The average Bonchev–Trinajstić information content (AvgIpc) is 2.69. The van der Waals surface area contributed by atoms with Crippen LogP contribution in [0.1, 0.15) is 27.7 Å². The van der Waals surface area contributed by atoms with Crippen molar-refractivity contribution in [2.24, 2.45) is 20.6 Å². The maximum Gasteiger partial charge on any atom is 0.101 e. The molecule has 0 aliphatic rings. The number of pyridine rings is 1. The van der Waals surface area contributed by atoms with Gasteiger partial charge in [-0.3, -0.25) is 9.91 Å². The number of oxime groups is 4. The molecule has 0 bridgehead atoms. The Morgan fingerprint density at radius 2 is 0.920 bits per heavy atom. The Labute approximate surface area is 171 Å². The van der Waals surface area contributed by atoms with Crippen molar-refractivity contribution in [1.82, 2.24) is 4.98 Å². The van der Waals surface area contributed by atoms with E-state index in [0.29, 0.717) is 22.8 Å². The second kappa shape index (κ2) is 24.5. The van der Waals surface area contributed by atoms with Crippen LogP contribution in [0.3, 0.4) is 0 Å². The molecule has 0 unspecified atom stereocenters. The normalized spacial score (nSPS) is 11.3. The third-order valence-electron chi connectivity index (χ3n) is 2.21. The Bertz CT molecular complexity index is 435. The van der Waals surface area contributed by atoms with E-state index in [1.807, 2.05) is 40.8 Å². The fourth-order valence-electron chi connectivity index (χ4n) is 0.602. The largest absolute Gasteiger partial charge is 0.411 e. The molecule has 0 saturated heterocycles. The van der Waals surface area contributed by atoms with E-state index in [1.165, 1.54) is 27.7 Å². The van der Waals surface area contributed by atoms with E-state index in [4.69, 9.17) is 20.8 Å². The van der Waals surface area contributed by atoms with Gasteiger partial charge in [-0.25, -0.2) is 0 Å². The van der Waals surface area contributed by atoms with E-state index < -0.39 is 0 Å². The molecule has 0 aromatic carbocycles. The van der Waals surface area contributed by atoms with E-state index in [2.05, 4.69) is 30.5 Å². The molecule has 0 saturated carbocycles. The number of nitrogens with zero attached hydrogens (tertiary/aromatic N) is 5. The molecule has 9 nitrogen and oxygen atoms in total. The number of halogens is 1. The molecule has 11 heteroatoms. The molecule has 1 rings (SSSR count). The summed E-state index contributed by atoms with van der Waals surface area (Å²) in [5, 5.41) is 43.3. The van der Waals surface area contributed by atoms with Gasteiger partial charge >= 0.3 is 0 Å². The van der Waals surface area contributed by atoms with Gasteiger partial charge in [0.2, 0.25) is 0 Å². The molecule has 1 aromatic heterocycles. The van der Waals surface area contributed by atoms with Gasteiger partial charge in [0.25, 0.3) is 0 Å². The van der Waals surface area contributed by atoms with Crippen molar-refractivity contribution in [3.63, 3.8) is 0 Å². The standard InChI is InChI=1S/C5H5N.2C4H8N2O2.CH2I.Co/c1-2-4-6-5-3-1;2*1-3(5-7)4(2)6-8;1-2;/h1-5H;2*7-8H,1-2H3;1H2;/q;;;-1;/b;2*5-3+,6-4+;;. The zero-order valence-electron chi connectivity index (χ0n) is 14.3. The molecule has 1 heterocycles. The minimum atomic E-state index is 0. The van der Waals surface area contributed by atoms with Gasteiger partial charge in [0.15, 0.2) is 0 Å². The van der Waals surface area contributed by atoms with E-state index in [9.17, 15) is 0 Å². The molecule has 0 aliphatic heterocycles. The summed E-state index contributed by atoms with van der Waals surface area (Å²) >= 11 is 1.90. The Morgan fingerprint density at radius 1 is 0.680 bits per heavy atom. The van der Waals surface area contributed by atoms with Crippen LogP contribution in [0, 0.1) is 4.93 Å². The molecule has 4 N–H and O–H groups in total. The summed E-state index contributed by atoms with van der Waals surface area (Å²) in [7, 11) is 0. The Morgan fingerprint density at radius 3 is 1.00 bits per heavy atom. The monoisotopic (exact) mass is 511 g/mol. The van der Waals surface area contributed by atoms with Gasteiger partial charge in [0.1, 0.15) is 22.8 Å². The number of hydrogen-bond donors (Lipinski definition) is 4. The van der Waals surface area contributed by atoms with Crippen LogP contribution in [-0.4, -0.2) is 48.7 Å². The van der Waals surface area contributed by atoms with Crippen molar-refractivity contribution in [1.29, 1.82) is 0 Å². The summed E-state index contributed by atoms with van der Waals surface area (Å²) in [5.41, 5.74) is 1.25. The van der Waals surface area contributed by atoms with Gasteiger partial charge in [-0.1, -0.05) is 26.7 Å². The van der Waals surface area contributed by atoms with Crippen LogP contribution in [0.2, 0.25) is 0 Å². The molecule has 0 spiro atoms. The first-order chi connectivity index (χ1) is 11.4. The summed E-state index contributed by atoms with van der Waals surface area (Å²) in [6.07, 6.45) is 3.50. The quantitative estimate of drug-likeness (QED) is 0.158. The Balaban J connectivity index is -0.000000124. The SMILES string of the molecule is CC(=N\O)/C(C)=N/O.CC(=N\O)/C(C)=N/O.[CH2-]I.[Co].c1ccncc1. The first-order valence-corrected chi connectivity index (χ1v) is 7.84. The van der Waals surface area contributed by atoms with Gasteiger partial charge in [0.05, 0.1) is 0 Å². The fourth-order valence-corrected chi connectivity index (χ4v) is 0.602. The predicted octanol–water partition coefficient (Wildman–Crippen LogP) is 3.67. The van der Waals surface area contributed by atoms with E-state index >= 15 is 0 Å². The molecular formula is C14H23CoIN5O4-. The smallest absolute Gasteiger partial charge is 0.101 e. The van der Waals surface area contributed by atoms with E-state index in [-0.39, 0.29) is 16.8 Å². The van der Waals surface area contributed by atoms with Crippen LogP contribution < -0.4 is 0 Å². The van der Waals surface area contributed by atoms with Crippen molar-refractivity contribution in [3.8, 4) is 0 Å². The third-order valence-corrected chi connectivity index (χ3v) is 2.21. The Hall–Kier alpha value is -1.73. The molecule has 145 valence electrons. The topological polar surface area (TPSA) is 143 Å². The summed E-state index contributed by atoms with van der Waals surface area (Å²) < 4.78 is 0. The van der Waals surface area contributed by atoms with Gasteiger partial charge in [0, 0.05) is 29.2 Å². The molecule has 1 aromatic rings. The van der Waals surface area contributed by atoms with Crippen LogP contribution in [-0.2, 0) is 16.8 Å². The zero-order valence-corrected chi connectivity index (χ0v) is 17.5. The van der Waals surface area contributed by atoms with Crippen LogP contribution in [0.4, 0.5) is 0 Å². The third kappa shape index (κ3) is 22.3. The second-order valence-electron chi connectivity index (χ2n) is 3.77. The van der Waals surface area contributed by atoms with Crippen LogP contribution >= 0.6 is 22.6 Å². The number of aromatic nitrogens is 1. The molecule has 0 atom stereocenters. The van der Waals surface area contributed by atoms with Gasteiger partial charge in [-0.2, -0.15) is 0 Å². The van der Waals surface area contributed by atoms with Crippen LogP contribution in [0.5, 0.6) is 0 Å².